The molecule has 1 atom stereocenters. The molecule has 7 nitrogen and oxygen atoms in total. The minimum atomic E-state index is -3.40. The molecule has 0 aromatic heterocycles. The molecule has 0 aliphatic carbocycles. The minimum Gasteiger partial charge on any atom is -0.478 e. The van der Waals surface area contributed by atoms with Crippen LogP contribution in [0, 0.1) is 0 Å². The molecule has 0 spiro atoms. The first kappa shape index (κ1) is 16.4. The number of aromatic carboxylic acids is 1. The zero-order chi connectivity index (χ0) is 16.3. The van der Waals surface area contributed by atoms with E-state index in [4.69, 9.17) is 5.11 Å². The number of nitrogens with one attached hydrogen (secondary N) is 1. The number of nitrogens with zero attached hydrogens (tertiary/aromatic N) is 1. The largest absolute Gasteiger partial charge is 0.478 e. The third-order valence-electron chi connectivity index (χ3n) is 3.57. The molecule has 2 N–H and O–H groups in total. The molecule has 1 aromatic rings. The summed E-state index contributed by atoms with van der Waals surface area (Å²) in [6, 6.07) is 5.57. The number of sulfonamides is 1. The van der Waals surface area contributed by atoms with E-state index in [-0.39, 0.29) is 18.0 Å². The molecule has 1 aliphatic rings. The second-order valence-corrected chi connectivity index (χ2v) is 7.19. The van der Waals surface area contributed by atoms with Crippen LogP contribution in [0.15, 0.2) is 24.3 Å². The third kappa shape index (κ3) is 3.83. The highest BCUT2D eigenvalue weighted by Crippen LogP contribution is 2.20. The Balaban J connectivity index is 2.01. The summed E-state index contributed by atoms with van der Waals surface area (Å²) in [6.45, 7) is 0.513. The number of hydrogen-bond acceptors (Lipinski definition) is 4. The van der Waals surface area contributed by atoms with Crippen LogP contribution < -0.4 is 5.32 Å². The third-order valence-corrected chi connectivity index (χ3v) is 4.86. The molecule has 1 aromatic carbocycles. The van der Waals surface area contributed by atoms with Gasteiger partial charge in [0.25, 0.3) is 0 Å². The molecule has 1 heterocycles. The van der Waals surface area contributed by atoms with Crippen LogP contribution in [0.1, 0.15) is 28.8 Å². The Morgan fingerprint density at radius 3 is 2.77 bits per heavy atom. The van der Waals surface area contributed by atoms with Gasteiger partial charge in [0.15, 0.2) is 0 Å². The highest BCUT2D eigenvalue weighted by molar-refractivity contribution is 7.88. The molecule has 0 unspecified atom stereocenters. The zero-order valence-corrected chi connectivity index (χ0v) is 13.0. The highest BCUT2D eigenvalue weighted by Gasteiger charge is 2.36. The Kier molecular flexibility index (Phi) is 4.82. The first-order valence-electron chi connectivity index (χ1n) is 6.86. The lowest BCUT2D eigenvalue weighted by Gasteiger charge is -2.21. The molecule has 1 saturated heterocycles. The Morgan fingerprint density at radius 1 is 1.41 bits per heavy atom. The lowest BCUT2D eigenvalue weighted by atomic mass is 10.1. The van der Waals surface area contributed by atoms with Crippen LogP contribution in [-0.4, -0.2) is 48.5 Å². The molecule has 0 bridgehead atoms. The average Bonchev–Trinajstić information content (AvgIpc) is 2.94. The van der Waals surface area contributed by atoms with E-state index in [1.54, 1.807) is 12.1 Å². The van der Waals surface area contributed by atoms with Crippen LogP contribution >= 0.6 is 0 Å². The van der Waals surface area contributed by atoms with Crippen LogP contribution in [0.3, 0.4) is 0 Å². The molecule has 2 rings (SSSR count). The van der Waals surface area contributed by atoms with Gasteiger partial charge in [-0.15, -0.1) is 0 Å². The summed E-state index contributed by atoms with van der Waals surface area (Å²) in [5, 5.41) is 11.6. The molecular formula is C14H18N2O5S. The van der Waals surface area contributed by atoms with Gasteiger partial charge in [0.05, 0.1) is 11.8 Å². The Labute approximate surface area is 129 Å². The van der Waals surface area contributed by atoms with Gasteiger partial charge in [-0.1, -0.05) is 12.1 Å². The van der Waals surface area contributed by atoms with Crippen molar-refractivity contribution in [1.29, 1.82) is 0 Å². The van der Waals surface area contributed by atoms with Gasteiger partial charge in [-0.2, -0.15) is 4.31 Å². The van der Waals surface area contributed by atoms with E-state index in [2.05, 4.69) is 5.32 Å². The van der Waals surface area contributed by atoms with Crippen molar-refractivity contribution in [1.82, 2.24) is 9.62 Å². The Morgan fingerprint density at radius 2 is 2.14 bits per heavy atom. The highest BCUT2D eigenvalue weighted by atomic mass is 32.2. The Hall–Kier alpha value is -1.93. The van der Waals surface area contributed by atoms with E-state index in [1.165, 1.54) is 16.4 Å². The van der Waals surface area contributed by atoms with Gasteiger partial charge in [-0.05, 0) is 30.5 Å². The van der Waals surface area contributed by atoms with Crippen molar-refractivity contribution in [3.8, 4) is 0 Å². The quantitative estimate of drug-likeness (QED) is 0.816. The van der Waals surface area contributed by atoms with Crippen LogP contribution in [-0.2, 0) is 21.4 Å². The van der Waals surface area contributed by atoms with Crippen LogP contribution in [0.5, 0.6) is 0 Å². The predicted molar refractivity (Wildman–Crippen MR) is 79.8 cm³/mol. The van der Waals surface area contributed by atoms with Crippen molar-refractivity contribution in [2.75, 3.05) is 12.8 Å². The number of rotatable bonds is 5. The van der Waals surface area contributed by atoms with Gasteiger partial charge in [0.2, 0.25) is 15.9 Å². The molecular weight excluding hydrogens is 308 g/mol. The SMILES string of the molecule is CS(=O)(=O)N1CCC[C@H]1C(=O)NCc1cccc(C(=O)O)c1. The van der Waals surface area contributed by atoms with Gasteiger partial charge in [-0.25, -0.2) is 13.2 Å². The number of carbonyl (C=O) groups excluding carboxylic acids is 1. The van der Waals surface area contributed by atoms with Crippen molar-refractivity contribution >= 4 is 21.9 Å². The summed E-state index contributed by atoms with van der Waals surface area (Å²) in [5.74, 6) is -1.39. The number of amides is 1. The van der Waals surface area contributed by atoms with Crippen molar-refractivity contribution in [2.24, 2.45) is 0 Å². The first-order chi connectivity index (χ1) is 10.3. The summed E-state index contributed by atoms with van der Waals surface area (Å²) >= 11 is 0. The normalized spacial score (nSPS) is 19.0. The lowest BCUT2D eigenvalue weighted by molar-refractivity contribution is -0.124. The van der Waals surface area contributed by atoms with Gasteiger partial charge in [0.1, 0.15) is 6.04 Å². The summed E-state index contributed by atoms with van der Waals surface area (Å²) in [7, 11) is -3.40. The van der Waals surface area contributed by atoms with Gasteiger partial charge in [-0.3, -0.25) is 4.79 Å². The fourth-order valence-electron chi connectivity index (χ4n) is 2.52. The summed E-state index contributed by atoms with van der Waals surface area (Å²) in [5.41, 5.74) is 0.794. The molecule has 120 valence electrons. The topological polar surface area (TPSA) is 104 Å². The van der Waals surface area contributed by atoms with E-state index < -0.39 is 22.0 Å². The fourth-order valence-corrected chi connectivity index (χ4v) is 3.64. The van der Waals surface area contributed by atoms with E-state index in [0.29, 0.717) is 24.9 Å². The summed E-state index contributed by atoms with van der Waals surface area (Å²) in [6.07, 6.45) is 2.24. The van der Waals surface area contributed by atoms with Crippen molar-refractivity contribution in [2.45, 2.75) is 25.4 Å². The second kappa shape index (κ2) is 6.45. The fraction of sp³-hybridized carbons (Fsp3) is 0.429. The predicted octanol–water partition coefficient (Wildman–Crippen LogP) is 0.425. The van der Waals surface area contributed by atoms with Gasteiger partial charge >= 0.3 is 5.97 Å². The lowest BCUT2D eigenvalue weighted by Crippen LogP contribution is -2.45. The molecule has 22 heavy (non-hydrogen) atoms. The molecule has 0 saturated carbocycles. The van der Waals surface area contributed by atoms with Gasteiger partial charge < -0.3 is 10.4 Å². The van der Waals surface area contributed by atoms with E-state index in [0.717, 1.165) is 6.26 Å². The molecule has 1 aliphatic heterocycles. The number of carbonyl (C=O) groups is 2. The Bertz CT molecular complexity index is 686. The first-order valence-corrected chi connectivity index (χ1v) is 8.70. The van der Waals surface area contributed by atoms with Crippen molar-refractivity contribution in [3.63, 3.8) is 0 Å². The summed E-state index contributed by atoms with van der Waals surface area (Å²) < 4.78 is 24.5. The van der Waals surface area contributed by atoms with E-state index in [1.807, 2.05) is 0 Å². The number of hydrogen-bond donors (Lipinski definition) is 2. The zero-order valence-electron chi connectivity index (χ0n) is 12.2. The number of carboxylic acid groups (broad SMARTS) is 1. The number of carboxylic acids is 1. The average molecular weight is 326 g/mol. The van der Waals surface area contributed by atoms with Crippen LogP contribution in [0.2, 0.25) is 0 Å². The molecule has 8 heteroatoms. The van der Waals surface area contributed by atoms with Crippen LogP contribution in [0.25, 0.3) is 0 Å². The molecule has 1 fully saturated rings. The summed E-state index contributed by atoms with van der Waals surface area (Å²) in [4.78, 5) is 23.1. The van der Waals surface area contributed by atoms with Crippen LogP contribution in [0.4, 0.5) is 0 Å². The van der Waals surface area contributed by atoms with Crippen molar-refractivity contribution < 1.29 is 23.1 Å². The standard InChI is InChI=1S/C14H18N2O5S/c1-22(20,21)16-7-3-6-12(16)13(17)15-9-10-4-2-5-11(8-10)14(18)19/h2,4-5,8,12H,3,6-7,9H2,1H3,(H,15,17)(H,18,19)/t12-/m0/s1. The molecule has 1 amide bonds. The minimum absolute atomic E-state index is 0.144. The maximum Gasteiger partial charge on any atom is 0.335 e. The second-order valence-electron chi connectivity index (χ2n) is 5.26. The van der Waals surface area contributed by atoms with E-state index >= 15 is 0 Å². The monoisotopic (exact) mass is 326 g/mol. The van der Waals surface area contributed by atoms with Gasteiger partial charge in [0, 0.05) is 13.1 Å². The molecule has 0 radical (unpaired) electrons. The number of benzene rings is 1. The maximum absolute atomic E-state index is 12.2. The maximum atomic E-state index is 12.2. The smallest absolute Gasteiger partial charge is 0.335 e. The van der Waals surface area contributed by atoms with E-state index in [9.17, 15) is 18.0 Å². The van der Waals surface area contributed by atoms with Crippen molar-refractivity contribution in [3.05, 3.63) is 35.4 Å².